The van der Waals surface area contributed by atoms with Crippen LogP contribution >= 0.6 is 11.6 Å². The Balaban J connectivity index is 1.81. The number of hydrogen-bond acceptors (Lipinski definition) is 3. The maximum absolute atomic E-state index is 13.3. The molecule has 8 heteroatoms. The van der Waals surface area contributed by atoms with Gasteiger partial charge in [0.25, 0.3) is 0 Å². The van der Waals surface area contributed by atoms with Crippen LogP contribution in [0.5, 0.6) is 0 Å². The largest absolute Gasteiger partial charge is 0.351 e. The standard InChI is InChI=1S/C23H22ClFN2O3S/c1-17-6-12-21(13-7-17)31(29,30)27(15-18-8-10-20(25)11-9-18)16-23(28)26-14-19-4-2-3-5-22(19)24/h2-13H,14-16H2,1H3,(H,26,28). The van der Waals surface area contributed by atoms with E-state index in [9.17, 15) is 17.6 Å². The van der Waals surface area contributed by atoms with Gasteiger partial charge in [-0.1, -0.05) is 59.6 Å². The van der Waals surface area contributed by atoms with Gasteiger partial charge in [-0.2, -0.15) is 4.31 Å². The summed E-state index contributed by atoms with van der Waals surface area (Å²) in [6.45, 7) is 1.57. The van der Waals surface area contributed by atoms with Gasteiger partial charge in [0, 0.05) is 18.1 Å². The van der Waals surface area contributed by atoms with Crippen LogP contribution < -0.4 is 5.32 Å². The fourth-order valence-electron chi connectivity index (χ4n) is 2.93. The first kappa shape index (κ1) is 22.9. The monoisotopic (exact) mass is 460 g/mol. The number of nitrogens with zero attached hydrogens (tertiary/aromatic N) is 1. The molecule has 3 aromatic carbocycles. The van der Waals surface area contributed by atoms with Crippen LogP contribution in [0.15, 0.2) is 77.7 Å². The zero-order valence-corrected chi connectivity index (χ0v) is 18.5. The molecule has 0 atom stereocenters. The number of hydrogen-bond donors (Lipinski definition) is 1. The van der Waals surface area contributed by atoms with E-state index in [0.717, 1.165) is 15.4 Å². The van der Waals surface area contributed by atoms with Crippen LogP contribution in [0.3, 0.4) is 0 Å². The van der Waals surface area contributed by atoms with Crippen molar-refractivity contribution in [3.05, 3.63) is 100 Å². The van der Waals surface area contributed by atoms with Gasteiger partial charge < -0.3 is 5.32 Å². The molecule has 0 aliphatic rings. The molecule has 1 amide bonds. The summed E-state index contributed by atoms with van der Waals surface area (Å²) in [5.41, 5.74) is 2.21. The predicted octanol–water partition coefficient (Wildman–Crippen LogP) is 4.29. The first-order chi connectivity index (χ1) is 14.8. The number of rotatable bonds is 8. The second kappa shape index (κ2) is 10.0. The van der Waals surface area contributed by atoms with Gasteiger partial charge in [0.15, 0.2) is 0 Å². The van der Waals surface area contributed by atoms with E-state index in [-0.39, 0.29) is 18.0 Å². The molecule has 0 spiro atoms. The number of benzene rings is 3. The molecular formula is C23H22ClFN2O3S. The fraction of sp³-hybridized carbons (Fsp3) is 0.174. The van der Waals surface area contributed by atoms with Crippen LogP contribution in [0.2, 0.25) is 5.02 Å². The van der Waals surface area contributed by atoms with Crippen molar-refractivity contribution in [3.8, 4) is 0 Å². The number of amides is 1. The molecule has 162 valence electrons. The molecule has 0 fully saturated rings. The molecule has 0 heterocycles. The third-order valence-electron chi connectivity index (χ3n) is 4.68. The van der Waals surface area contributed by atoms with E-state index in [1.165, 1.54) is 36.4 Å². The minimum atomic E-state index is -3.96. The van der Waals surface area contributed by atoms with Crippen molar-refractivity contribution in [3.63, 3.8) is 0 Å². The Bertz CT molecular complexity index is 1150. The summed E-state index contributed by atoms with van der Waals surface area (Å²) in [6, 6.07) is 19.0. The summed E-state index contributed by atoms with van der Waals surface area (Å²) in [6.07, 6.45) is 0. The summed E-state index contributed by atoms with van der Waals surface area (Å²) in [7, 11) is -3.96. The van der Waals surface area contributed by atoms with Crippen LogP contribution in [0.1, 0.15) is 16.7 Å². The second-order valence-electron chi connectivity index (χ2n) is 7.08. The van der Waals surface area contributed by atoms with E-state index < -0.39 is 28.3 Å². The van der Waals surface area contributed by atoms with Crippen LogP contribution in [-0.2, 0) is 27.9 Å². The zero-order valence-electron chi connectivity index (χ0n) is 16.9. The number of sulfonamides is 1. The average Bonchev–Trinajstić information content (AvgIpc) is 2.74. The van der Waals surface area contributed by atoms with Crippen LogP contribution in [0.4, 0.5) is 4.39 Å². The Hall–Kier alpha value is -2.74. The summed E-state index contributed by atoms with van der Waals surface area (Å²) in [5.74, 6) is -0.896. The van der Waals surface area contributed by atoms with Gasteiger partial charge in [-0.15, -0.1) is 0 Å². The van der Waals surface area contributed by atoms with Crippen molar-refractivity contribution >= 4 is 27.5 Å². The van der Waals surface area contributed by atoms with Gasteiger partial charge in [-0.05, 0) is 48.4 Å². The molecule has 0 aliphatic carbocycles. The molecule has 0 bridgehead atoms. The Morgan fingerprint density at radius 3 is 2.29 bits per heavy atom. The highest BCUT2D eigenvalue weighted by Crippen LogP contribution is 2.20. The normalized spacial score (nSPS) is 11.5. The first-order valence-electron chi connectivity index (χ1n) is 9.57. The average molecular weight is 461 g/mol. The minimum absolute atomic E-state index is 0.0734. The molecule has 3 rings (SSSR count). The molecule has 0 radical (unpaired) electrons. The second-order valence-corrected chi connectivity index (χ2v) is 9.43. The lowest BCUT2D eigenvalue weighted by atomic mass is 10.2. The lowest BCUT2D eigenvalue weighted by Crippen LogP contribution is -2.40. The van der Waals surface area contributed by atoms with E-state index in [0.29, 0.717) is 10.6 Å². The van der Waals surface area contributed by atoms with Gasteiger partial charge in [-0.25, -0.2) is 12.8 Å². The number of carbonyl (C=O) groups is 1. The minimum Gasteiger partial charge on any atom is -0.351 e. The van der Waals surface area contributed by atoms with E-state index >= 15 is 0 Å². The quantitative estimate of drug-likeness (QED) is 0.545. The Kier molecular flexibility index (Phi) is 7.43. The molecule has 5 nitrogen and oxygen atoms in total. The molecule has 0 saturated heterocycles. The van der Waals surface area contributed by atoms with E-state index in [4.69, 9.17) is 11.6 Å². The summed E-state index contributed by atoms with van der Waals surface area (Å²) < 4.78 is 40.8. The molecule has 1 N–H and O–H groups in total. The van der Waals surface area contributed by atoms with Crippen LogP contribution in [-0.4, -0.2) is 25.2 Å². The highest BCUT2D eigenvalue weighted by molar-refractivity contribution is 7.89. The van der Waals surface area contributed by atoms with E-state index in [2.05, 4.69) is 5.32 Å². The first-order valence-corrected chi connectivity index (χ1v) is 11.4. The Morgan fingerprint density at radius 2 is 1.65 bits per heavy atom. The predicted molar refractivity (Wildman–Crippen MR) is 118 cm³/mol. The summed E-state index contributed by atoms with van der Waals surface area (Å²) >= 11 is 6.11. The lowest BCUT2D eigenvalue weighted by Gasteiger charge is -2.22. The van der Waals surface area contributed by atoms with Crippen molar-refractivity contribution in [2.45, 2.75) is 24.9 Å². The maximum atomic E-state index is 13.3. The third-order valence-corrected chi connectivity index (χ3v) is 6.86. The van der Waals surface area contributed by atoms with E-state index in [1.807, 2.05) is 6.92 Å². The van der Waals surface area contributed by atoms with Crippen molar-refractivity contribution in [1.29, 1.82) is 0 Å². The lowest BCUT2D eigenvalue weighted by molar-refractivity contribution is -0.121. The SMILES string of the molecule is Cc1ccc(S(=O)(=O)N(CC(=O)NCc2ccccc2Cl)Cc2ccc(F)cc2)cc1. The molecule has 0 unspecified atom stereocenters. The van der Waals surface area contributed by atoms with Gasteiger partial charge in [0.1, 0.15) is 5.82 Å². The van der Waals surface area contributed by atoms with Gasteiger partial charge in [0.2, 0.25) is 15.9 Å². The van der Waals surface area contributed by atoms with Crippen molar-refractivity contribution in [1.82, 2.24) is 9.62 Å². The number of nitrogens with one attached hydrogen (secondary N) is 1. The maximum Gasteiger partial charge on any atom is 0.243 e. The number of aryl methyl sites for hydroxylation is 1. The van der Waals surface area contributed by atoms with E-state index in [1.54, 1.807) is 36.4 Å². The molecule has 3 aromatic rings. The third kappa shape index (κ3) is 6.13. The highest BCUT2D eigenvalue weighted by atomic mass is 35.5. The van der Waals surface area contributed by atoms with Crippen LogP contribution in [0.25, 0.3) is 0 Å². The molecule has 0 saturated carbocycles. The highest BCUT2D eigenvalue weighted by Gasteiger charge is 2.27. The van der Waals surface area contributed by atoms with Crippen LogP contribution in [0, 0.1) is 12.7 Å². The molecular weight excluding hydrogens is 439 g/mol. The zero-order chi connectivity index (χ0) is 22.4. The molecule has 0 aliphatic heterocycles. The Morgan fingerprint density at radius 1 is 1.00 bits per heavy atom. The number of halogens is 2. The van der Waals surface area contributed by atoms with Crippen molar-refractivity contribution < 1.29 is 17.6 Å². The van der Waals surface area contributed by atoms with Gasteiger partial charge in [0.05, 0.1) is 11.4 Å². The Labute approximate surface area is 186 Å². The molecule has 31 heavy (non-hydrogen) atoms. The smallest absolute Gasteiger partial charge is 0.243 e. The van der Waals surface area contributed by atoms with Crippen molar-refractivity contribution in [2.75, 3.05) is 6.54 Å². The van der Waals surface area contributed by atoms with Gasteiger partial charge >= 0.3 is 0 Å². The van der Waals surface area contributed by atoms with Crippen molar-refractivity contribution in [2.24, 2.45) is 0 Å². The van der Waals surface area contributed by atoms with Gasteiger partial charge in [-0.3, -0.25) is 4.79 Å². The fourth-order valence-corrected chi connectivity index (χ4v) is 4.52. The summed E-state index contributed by atoms with van der Waals surface area (Å²) in [4.78, 5) is 12.7. The summed E-state index contributed by atoms with van der Waals surface area (Å²) in [5, 5.41) is 3.22. The number of carbonyl (C=O) groups excluding carboxylic acids is 1. The topological polar surface area (TPSA) is 66.5 Å². The molecule has 0 aromatic heterocycles.